The summed E-state index contributed by atoms with van der Waals surface area (Å²) in [5.41, 5.74) is 0.116. The average Bonchev–Trinajstić information content (AvgIpc) is 2.44. The quantitative estimate of drug-likeness (QED) is 0.863. The second kappa shape index (κ2) is 6.22. The van der Waals surface area contributed by atoms with E-state index >= 15 is 0 Å². The molecule has 0 amide bonds. The third-order valence-corrected chi connectivity index (χ3v) is 4.11. The summed E-state index contributed by atoms with van der Waals surface area (Å²) in [5.74, 6) is 1.28. The van der Waals surface area contributed by atoms with E-state index in [1.807, 2.05) is 43.9 Å². The first-order valence-corrected chi connectivity index (χ1v) is 7.35. The van der Waals surface area contributed by atoms with E-state index < -0.39 is 11.7 Å². The number of fused-ring (bicyclic) bond motifs is 1. The van der Waals surface area contributed by atoms with E-state index in [2.05, 4.69) is 0 Å². The number of nitrogens with zero attached hydrogens (tertiary/aromatic N) is 1. The van der Waals surface area contributed by atoms with Crippen LogP contribution in [0.3, 0.4) is 0 Å². The highest BCUT2D eigenvalue weighted by Gasteiger charge is 2.47. The van der Waals surface area contributed by atoms with Gasteiger partial charge in [0, 0.05) is 6.54 Å². The number of aliphatic hydroxyl groups excluding tert-OH is 2. The highest BCUT2D eigenvalue weighted by molar-refractivity contribution is 5.49. The van der Waals surface area contributed by atoms with E-state index in [-0.39, 0.29) is 12.6 Å². The molecule has 0 saturated carbocycles. The maximum absolute atomic E-state index is 10.9. The summed E-state index contributed by atoms with van der Waals surface area (Å²) in [4.78, 5) is 2.04. The Labute approximate surface area is 126 Å². The van der Waals surface area contributed by atoms with Gasteiger partial charge in [-0.1, -0.05) is 13.0 Å². The number of benzene rings is 1. The fourth-order valence-corrected chi connectivity index (χ4v) is 3.23. The van der Waals surface area contributed by atoms with Crippen molar-refractivity contribution < 1.29 is 19.7 Å². The van der Waals surface area contributed by atoms with Crippen LogP contribution >= 0.6 is 0 Å². The molecule has 2 rings (SSSR count). The fourth-order valence-electron chi connectivity index (χ4n) is 3.23. The summed E-state index contributed by atoms with van der Waals surface area (Å²) in [6.07, 6.45) is -0.730. The second-order valence-corrected chi connectivity index (χ2v) is 5.82. The lowest BCUT2D eigenvalue weighted by Crippen LogP contribution is -2.58. The molecule has 1 aliphatic heterocycles. The molecule has 0 aromatic heterocycles. The van der Waals surface area contributed by atoms with Gasteiger partial charge in [-0.2, -0.15) is 0 Å². The first-order valence-electron chi connectivity index (χ1n) is 7.35. The first-order chi connectivity index (χ1) is 9.96. The van der Waals surface area contributed by atoms with Gasteiger partial charge < -0.3 is 19.7 Å². The zero-order valence-electron chi connectivity index (χ0n) is 13.2. The molecular formula is C16H25NO4. The Kier molecular flexibility index (Phi) is 4.76. The molecule has 0 fully saturated rings. The monoisotopic (exact) mass is 295 g/mol. The Hall–Kier alpha value is -1.30. The molecule has 0 radical (unpaired) electrons. The van der Waals surface area contributed by atoms with Gasteiger partial charge in [0.2, 0.25) is 0 Å². The molecular weight excluding hydrogens is 270 g/mol. The van der Waals surface area contributed by atoms with Crippen LogP contribution < -0.4 is 9.47 Å². The minimum absolute atomic E-state index is 0.0475. The van der Waals surface area contributed by atoms with Gasteiger partial charge in [-0.15, -0.1) is 0 Å². The molecule has 0 spiro atoms. The van der Waals surface area contributed by atoms with Gasteiger partial charge in [-0.05, 0) is 32.5 Å². The summed E-state index contributed by atoms with van der Waals surface area (Å²) < 4.78 is 11.5. The van der Waals surface area contributed by atoms with Gasteiger partial charge in [0.05, 0.1) is 25.3 Å². The Morgan fingerprint density at radius 3 is 2.67 bits per heavy atom. The first kappa shape index (κ1) is 16.1. The smallest absolute Gasteiger partial charge is 0.129 e. The van der Waals surface area contributed by atoms with Crippen LogP contribution in [0.1, 0.15) is 32.4 Å². The van der Waals surface area contributed by atoms with Crippen molar-refractivity contribution in [1.82, 2.24) is 4.90 Å². The van der Waals surface area contributed by atoms with Crippen LogP contribution in [0.4, 0.5) is 0 Å². The standard InChI is InChI=1S/C16H25NO4/c1-5-17(9-10-18)15-14(19)13-11(20-4)7-6-8-12(13)21-16(15,2)3/h6-8,14-15,18-19H,5,9-10H2,1-4H3. The summed E-state index contributed by atoms with van der Waals surface area (Å²) in [6, 6.07) is 5.27. The Morgan fingerprint density at radius 2 is 2.10 bits per heavy atom. The van der Waals surface area contributed by atoms with Gasteiger partial charge in [-0.3, -0.25) is 4.90 Å². The molecule has 0 aliphatic carbocycles. The summed E-state index contributed by atoms with van der Waals surface area (Å²) in [6.45, 7) is 7.20. The minimum Gasteiger partial charge on any atom is -0.496 e. The molecule has 5 heteroatoms. The van der Waals surface area contributed by atoms with E-state index in [4.69, 9.17) is 9.47 Å². The number of likely N-dealkylation sites (N-methyl/N-ethyl adjacent to an activating group) is 1. The predicted molar refractivity (Wildman–Crippen MR) is 80.8 cm³/mol. The normalized spacial score (nSPS) is 23.6. The number of methoxy groups -OCH3 is 1. The van der Waals surface area contributed by atoms with Crippen molar-refractivity contribution in [2.24, 2.45) is 0 Å². The molecule has 0 saturated heterocycles. The van der Waals surface area contributed by atoms with Crippen LogP contribution in [-0.4, -0.2) is 53.6 Å². The van der Waals surface area contributed by atoms with Crippen molar-refractivity contribution >= 4 is 0 Å². The molecule has 2 unspecified atom stereocenters. The minimum atomic E-state index is -0.730. The SMILES string of the molecule is CCN(CCO)C1C(O)c2c(OC)cccc2OC1(C)C. The van der Waals surface area contributed by atoms with Gasteiger partial charge in [0.1, 0.15) is 23.2 Å². The molecule has 2 N–H and O–H groups in total. The van der Waals surface area contributed by atoms with Crippen LogP contribution in [0.15, 0.2) is 18.2 Å². The van der Waals surface area contributed by atoms with Crippen LogP contribution in [0, 0.1) is 0 Å². The third-order valence-electron chi connectivity index (χ3n) is 4.11. The van der Waals surface area contributed by atoms with Crippen molar-refractivity contribution in [3.63, 3.8) is 0 Å². The molecule has 1 heterocycles. The van der Waals surface area contributed by atoms with E-state index in [0.717, 1.165) is 6.54 Å². The molecule has 21 heavy (non-hydrogen) atoms. The van der Waals surface area contributed by atoms with Crippen molar-refractivity contribution in [2.75, 3.05) is 26.8 Å². The lowest BCUT2D eigenvalue weighted by Gasteiger charge is -2.48. The Bertz CT molecular complexity index is 489. The number of ether oxygens (including phenoxy) is 2. The lowest BCUT2D eigenvalue weighted by molar-refractivity contribution is -0.0848. The summed E-state index contributed by atoms with van der Waals surface area (Å²) in [7, 11) is 1.59. The summed E-state index contributed by atoms with van der Waals surface area (Å²) in [5, 5.41) is 20.2. The molecule has 5 nitrogen and oxygen atoms in total. The van der Waals surface area contributed by atoms with Crippen LogP contribution in [0.25, 0.3) is 0 Å². The topological polar surface area (TPSA) is 62.2 Å². The van der Waals surface area contributed by atoms with Crippen LogP contribution in [-0.2, 0) is 0 Å². The average molecular weight is 295 g/mol. The molecule has 1 aromatic carbocycles. The van der Waals surface area contributed by atoms with E-state index in [9.17, 15) is 10.2 Å². The molecule has 1 aliphatic rings. The van der Waals surface area contributed by atoms with Crippen LogP contribution in [0.2, 0.25) is 0 Å². The number of hydrogen-bond acceptors (Lipinski definition) is 5. The Balaban J connectivity index is 2.47. The molecule has 118 valence electrons. The number of hydrogen-bond donors (Lipinski definition) is 2. The van der Waals surface area contributed by atoms with E-state index in [0.29, 0.717) is 23.6 Å². The maximum Gasteiger partial charge on any atom is 0.129 e. The van der Waals surface area contributed by atoms with Gasteiger partial charge in [-0.25, -0.2) is 0 Å². The zero-order chi connectivity index (χ0) is 15.6. The molecule has 2 atom stereocenters. The van der Waals surface area contributed by atoms with E-state index in [1.54, 1.807) is 7.11 Å². The predicted octanol–water partition coefficient (Wildman–Crippen LogP) is 1.58. The van der Waals surface area contributed by atoms with Crippen molar-refractivity contribution in [2.45, 2.75) is 38.5 Å². The van der Waals surface area contributed by atoms with Crippen molar-refractivity contribution in [3.8, 4) is 11.5 Å². The highest BCUT2D eigenvalue weighted by atomic mass is 16.5. The number of aliphatic hydroxyl groups is 2. The Morgan fingerprint density at radius 1 is 1.38 bits per heavy atom. The molecule has 1 aromatic rings. The van der Waals surface area contributed by atoms with Gasteiger partial charge in [0.25, 0.3) is 0 Å². The maximum atomic E-state index is 10.9. The largest absolute Gasteiger partial charge is 0.496 e. The zero-order valence-corrected chi connectivity index (χ0v) is 13.2. The van der Waals surface area contributed by atoms with Gasteiger partial charge >= 0.3 is 0 Å². The highest BCUT2D eigenvalue weighted by Crippen LogP contribution is 2.45. The fraction of sp³-hybridized carbons (Fsp3) is 0.625. The van der Waals surface area contributed by atoms with Crippen molar-refractivity contribution in [1.29, 1.82) is 0 Å². The van der Waals surface area contributed by atoms with E-state index in [1.165, 1.54) is 0 Å². The third kappa shape index (κ3) is 2.86. The lowest BCUT2D eigenvalue weighted by atomic mass is 9.84. The van der Waals surface area contributed by atoms with Gasteiger partial charge in [0.15, 0.2) is 0 Å². The second-order valence-electron chi connectivity index (χ2n) is 5.82. The number of rotatable bonds is 5. The van der Waals surface area contributed by atoms with Crippen molar-refractivity contribution in [3.05, 3.63) is 23.8 Å². The molecule has 0 bridgehead atoms. The van der Waals surface area contributed by atoms with Crippen LogP contribution in [0.5, 0.6) is 11.5 Å². The summed E-state index contributed by atoms with van der Waals surface area (Å²) >= 11 is 0.